The van der Waals surface area contributed by atoms with Crippen LogP contribution in [0.25, 0.3) is 0 Å². The number of hydrogen-bond acceptors (Lipinski definition) is 2. The number of benzene rings is 1. The molecule has 0 unspecified atom stereocenters. The van der Waals surface area contributed by atoms with Crippen molar-refractivity contribution in [3.8, 4) is 0 Å². The van der Waals surface area contributed by atoms with E-state index in [0.29, 0.717) is 11.8 Å². The van der Waals surface area contributed by atoms with E-state index in [1.54, 1.807) is 0 Å². The highest BCUT2D eigenvalue weighted by molar-refractivity contribution is 6.23. The minimum atomic E-state index is -0.106. The molecule has 1 aromatic carbocycles. The monoisotopic (exact) mass is 293 g/mol. The number of nitrogens with zero attached hydrogens (tertiary/aromatic N) is 1. The van der Waals surface area contributed by atoms with Crippen molar-refractivity contribution in [2.45, 2.75) is 26.7 Å². The first-order chi connectivity index (χ1) is 10.5. The zero-order chi connectivity index (χ0) is 15.2. The summed E-state index contributed by atoms with van der Waals surface area (Å²) in [5.41, 5.74) is 3.20. The van der Waals surface area contributed by atoms with Crippen LogP contribution in [0.5, 0.6) is 0 Å². The molecule has 0 radical (unpaired) electrons. The van der Waals surface area contributed by atoms with Crippen LogP contribution in [0.4, 0.5) is 5.69 Å². The highest BCUT2D eigenvalue weighted by Gasteiger charge is 2.73. The van der Waals surface area contributed by atoms with Crippen molar-refractivity contribution in [2.75, 3.05) is 4.90 Å². The lowest BCUT2D eigenvalue weighted by molar-refractivity contribution is -0.123. The highest BCUT2D eigenvalue weighted by Crippen LogP contribution is 2.73. The second-order valence-corrected chi connectivity index (χ2v) is 7.52. The van der Waals surface area contributed by atoms with Gasteiger partial charge in [0.1, 0.15) is 0 Å². The molecule has 2 saturated carbocycles. The molecule has 3 nitrogen and oxygen atoms in total. The van der Waals surface area contributed by atoms with Gasteiger partial charge >= 0.3 is 0 Å². The number of amides is 2. The standard InChI is InChI=1S/C19H19NO2/c1-10-3-6-14(11(2)9-10)20-17(21)15-12-4-5-13(16(15)18(20)22)19(12)7-8-19/h3-6,9,12-13,15-16H,7-8H2,1-2H3/t12-,13+,15+,16-. The molecule has 3 fully saturated rings. The van der Waals surface area contributed by atoms with E-state index in [0.717, 1.165) is 16.8 Å². The van der Waals surface area contributed by atoms with Gasteiger partial charge in [0.25, 0.3) is 0 Å². The minimum Gasteiger partial charge on any atom is -0.274 e. The third-order valence-electron chi connectivity index (χ3n) is 6.45. The average Bonchev–Trinajstić information content (AvgIpc) is 3.07. The van der Waals surface area contributed by atoms with Crippen LogP contribution in [0.15, 0.2) is 30.4 Å². The summed E-state index contributed by atoms with van der Waals surface area (Å²) in [4.78, 5) is 27.5. The maximum atomic E-state index is 13.0. The fourth-order valence-corrected chi connectivity index (χ4v) is 5.37. The molecule has 3 aliphatic carbocycles. The van der Waals surface area contributed by atoms with Crippen LogP contribution >= 0.6 is 0 Å². The Morgan fingerprint density at radius 3 is 2.09 bits per heavy atom. The zero-order valence-electron chi connectivity index (χ0n) is 12.9. The topological polar surface area (TPSA) is 37.4 Å². The van der Waals surface area contributed by atoms with Crippen molar-refractivity contribution >= 4 is 17.5 Å². The van der Waals surface area contributed by atoms with Gasteiger partial charge in [0.15, 0.2) is 0 Å². The number of allylic oxidation sites excluding steroid dienone is 2. The van der Waals surface area contributed by atoms with E-state index in [9.17, 15) is 9.59 Å². The number of rotatable bonds is 1. The number of carbonyl (C=O) groups is 2. The Morgan fingerprint density at radius 1 is 1.00 bits per heavy atom. The summed E-state index contributed by atoms with van der Waals surface area (Å²) >= 11 is 0. The summed E-state index contributed by atoms with van der Waals surface area (Å²) in [6, 6.07) is 5.94. The third kappa shape index (κ3) is 1.25. The van der Waals surface area contributed by atoms with Gasteiger partial charge < -0.3 is 0 Å². The van der Waals surface area contributed by atoms with Gasteiger partial charge in [0, 0.05) is 0 Å². The second kappa shape index (κ2) is 3.70. The van der Waals surface area contributed by atoms with Crippen LogP contribution < -0.4 is 4.90 Å². The van der Waals surface area contributed by atoms with Crippen LogP contribution in [0.1, 0.15) is 24.0 Å². The Hall–Kier alpha value is -1.90. The van der Waals surface area contributed by atoms with Crippen LogP contribution in [-0.4, -0.2) is 11.8 Å². The minimum absolute atomic E-state index is 0.0325. The molecule has 4 atom stereocenters. The third-order valence-corrected chi connectivity index (χ3v) is 6.45. The molecular formula is C19H19NO2. The largest absolute Gasteiger partial charge is 0.274 e. The first kappa shape index (κ1) is 12.6. The predicted octanol–water partition coefficient (Wildman–Crippen LogP) is 3.01. The average molecular weight is 293 g/mol. The Balaban J connectivity index is 1.59. The van der Waals surface area contributed by atoms with Crippen molar-refractivity contribution < 1.29 is 9.59 Å². The molecular weight excluding hydrogens is 274 g/mol. The summed E-state index contributed by atoms with van der Waals surface area (Å²) in [5, 5.41) is 0. The van der Waals surface area contributed by atoms with Gasteiger partial charge in [0.2, 0.25) is 11.8 Å². The van der Waals surface area contributed by atoms with Gasteiger partial charge in [-0.05, 0) is 55.6 Å². The van der Waals surface area contributed by atoms with E-state index in [2.05, 4.69) is 12.2 Å². The number of fused-ring (bicyclic) bond motifs is 3. The number of hydrogen-bond donors (Lipinski definition) is 0. The zero-order valence-corrected chi connectivity index (χ0v) is 12.9. The molecule has 2 amide bonds. The molecule has 1 aromatic rings. The molecule has 1 saturated heterocycles. The SMILES string of the molecule is Cc1ccc(N2C(=O)[C@@H]3[C@H](C2=O)[C@@H]2C=C[C@H]3C23CC3)c(C)c1. The molecule has 2 bridgehead atoms. The Kier molecular flexibility index (Phi) is 2.13. The quantitative estimate of drug-likeness (QED) is 0.589. The molecule has 1 spiro atoms. The van der Waals surface area contributed by atoms with Crippen LogP contribution in [-0.2, 0) is 9.59 Å². The van der Waals surface area contributed by atoms with E-state index in [-0.39, 0.29) is 29.1 Å². The molecule has 1 aliphatic heterocycles. The van der Waals surface area contributed by atoms with E-state index < -0.39 is 0 Å². The molecule has 3 heteroatoms. The van der Waals surface area contributed by atoms with Gasteiger partial charge in [-0.3, -0.25) is 9.59 Å². The number of aryl methyl sites for hydroxylation is 2. The van der Waals surface area contributed by atoms with Crippen LogP contribution in [0.3, 0.4) is 0 Å². The van der Waals surface area contributed by atoms with E-state index >= 15 is 0 Å². The second-order valence-electron chi connectivity index (χ2n) is 7.52. The first-order valence-corrected chi connectivity index (χ1v) is 8.18. The van der Waals surface area contributed by atoms with Crippen molar-refractivity contribution in [2.24, 2.45) is 29.1 Å². The van der Waals surface area contributed by atoms with E-state index in [4.69, 9.17) is 0 Å². The van der Waals surface area contributed by atoms with Crippen molar-refractivity contribution in [1.29, 1.82) is 0 Å². The Morgan fingerprint density at radius 2 is 1.59 bits per heavy atom. The van der Waals surface area contributed by atoms with Crippen LogP contribution in [0, 0.1) is 42.9 Å². The molecule has 5 rings (SSSR count). The van der Waals surface area contributed by atoms with Gasteiger partial charge in [-0.2, -0.15) is 0 Å². The molecule has 0 N–H and O–H groups in total. The molecule has 0 aromatic heterocycles. The van der Waals surface area contributed by atoms with E-state index in [1.165, 1.54) is 17.7 Å². The molecule has 4 aliphatic rings. The number of imide groups is 1. The first-order valence-electron chi connectivity index (χ1n) is 8.18. The summed E-state index contributed by atoms with van der Waals surface area (Å²) < 4.78 is 0. The molecule has 112 valence electrons. The van der Waals surface area contributed by atoms with Crippen molar-refractivity contribution in [3.05, 3.63) is 41.5 Å². The van der Waals surface area contributed by atoms with Gasteiger partial charge in [-0.1, -0.05) is 29.8 Å². The maximum absolute atomic E-state index is 13.0. The summed E-state index contributed by atoms with van der Waals surface area (Å²) in [5.74, 6) is 0.455. The Labute approximate surface area is 130 Å². The lowest BCUT2D eigenvalue weighted by Gasteiger charge is -2.23. The van der Waals surface area contributed by atoms with Gasteiger partial charge in [-0.15, -0.1) is 0 Å². The smallest absolute Gasteiger partial charge is 0.238 e. The summed E-state index contributed by atoms with van der Waals surface area (Å²) in [7, 11) is 0. The summed E-state index contributed by atoms with van der Waals surface area (Å²) in [6.07, 6.45) is 6.81. The van der Waals surface area contributed by atoms with E-state index in [1.807, 2.05) is 32.0 Å². The van der Waals surface area contributed by atoms with Crippen LogP contribution in [0.2, 0.25) is 0 Å². The van der Waals surface area contributed by atoms with Gasteiger partial charge in [-0.25, -0.2) is 4.90 Å². The fourth-order valence-electron chi connectivity index (χ4n) is 5.37. The normalized spacial score (nSPS) is 36.5. The number of carbonyl (C=O) groups excluding carboxylic acids is 2. The molecule has 22 heavy (non-hydrogen) atoms. The highest BCUT2D eigenvalue weighted by atomic mass is 16.2. The Bertz CT molecular complexity index is 725. The fraction of sp³-hybridized carbons (Fsp3) is 0.474. The van der Waals surface area contributed by atoms with Gasteiger partial charge in [0.05, 0.1) is 17.5 Å². The predicted molar refractivity (Wildman–Crippen MR) is 83.2 cm³/mol. The number of anilines is 1. The van der Waals surface area contributed by atoms with Crippen molar-refractivity contribution in [3.63, 3.8) is 0 Å². The molecule has 1 heterocycles. The van der Waals surface area contributed by atoms with Crippen molar-refractivity contribution in [1.82, 2.24) is 0 Å². The summed E-state index contributed by atoms with van der Waals surface area (Å²) in [6.45, 7) is 4.01. The lowest BCUT2D eigenvalue weighted by Crippen LogP contribution is -2.35. The lowest BCUT2D eigenvalue weighted by atomic mass is 9.85. The maximum Gasteiger partial charge on any atom is 0.238 e.